The molecule has 1 aliphatic rings. The van der Waals surface area contributed by atoms with E-state index in [1.165, 1.54) is 6.08 Å². The van der Waals surface area contributed by atoms with Crippen molar-refractivity contribution < 1.29 is 47.2 Å². The number of amides is 3. The lowest BCUT2D eigenvalue weighted by molar-refractivity contribution is -0.130. The summed E-state index contributed by atoms with van der Waals surface area (Å²) >= 11 is 1.65. The van der Waals surface area contributed by atoms with Gasteiger partial charge in [0, 0.05) is 57.9 Å². The van der Waals surface area contributed by atoms with E-state index in [4.69, 9.17) is 28.4 Å². The monoisotopic (exact) mass is 979 g/mol. The first-order valence-corrected chi connectivity index (χ1v) is 25.2. The highest BCUT2D eigenvalue weighted by atomic mass is 32.2. The normalized spacial score (nSPS) is 14.6. The van der Waals surface area contributed by atoms with Crippen molar-refractivity contribution in [3.05, 3.63) is 137 Å². The summed E-state index contributed by atoms with van der Waals surface area (Å²) in [5, 5.41) is 8.71. The third-order valence-corrected chi connectivity index (χ3v) is 13.3. The summed E-state index contributed by atoms with van der Waals surface area (Å²) in [7, 11) is 4.89. The molecule has 376 valence electrons. The zero-order chi connectivity index (χ0) is 49.7. The highest BCUT2D eigenvalue weighted by Crippen LogP contribution is 2.50. The average molecular weight is 980 g/mol. The average Bonchev–Trinajstić information content (AvgIpc) is 3.38. The lowest BCUT2D eigenvalue weighted by Crippen LogP contribution is -2.42. The minimum atomic E-state index is -1.92. The number of hydrogen-bond donors (Lipinski definition) is 3. The Kier molecular flexibility index (Phi) is 24.2. The Bertz CT molecular complexity index is 2240. The van der Waals surface area contributed by atoms with Crippen LogP contribution >= 0.6 is 11.8 Å². The number of rotatable bonds is 29. The molecule has 1 atom stereocenters. The van der Waals surface area contributed by atoms with Crippen LogP contribution in [-0.2, 0) is 39.9 Å². The summed E-state index contributed by atoms with van der Waals surface area (Å²) in [4.78, 5) is 38.3. The van der Waals surface area contributed by atoms with Crippen molar-refractivity contribution in [3.63, 3.8) is 0 Å². The van der Waals surface area contributed by atoms with Gasteiger partial charge in [-0.25, -0.2) is 4.39 Å². The molecule has 0 saturated carbocycles. The van der Waals surface area contributed by atoms with E-state index in [2.05, 4.69) is 27.8 Å². The summed E-state index contributed by atoms with van der Waals surface area (Å²) in [5.74, 6) is 8.31. The topological polar surface area (TPSA) is 143 Å². The van der Waals surface area contributed by atoms with Crippen LogP contribution in [0.25, 0.3) is 0 Å². The number of thioether (sulfide) groups is 1. The van der Waals surface area contributed by atoms with Gasteiger partial charge in [0.1, 0.15) is 17.2 Å². The number of alkyl halides is 1. The number of carbonyl (C=O) groups excluding carboxylic acids is 3. The molecular weight excluding hydrogens is 910 g/mol. The van der Waals surface area contributed by atoms with E-state index in [0.717, 1.165) is 53.0 Å². The Hall–Kier alpha value is -5.85. The first-order chi connectivity index (χ1) is 34.2. The fourth-order valence-corrected chi connectivity index (χ4v) is 9.35. The number of benzene rings is 4. The van der Waals surface area contributed by atoms with Crippen molar-refractivity contribution in [2.45, 2.75) is 81.2 Å². The van der Waals surface area contributed by atoms with Crippen LogP contribution in [0, 0.1) is 11.8 Å². The number of halogens is 1. The van der Waals surface area contributed by atoms with Crippen molar-refractivity contribution in [1.82, 2.24) is 16.0 Å². The molecule has 0 bridgehead atoms. The second-order valence-corrected chi connectivity index (χ2v) is 18.0. The third-order valence-electron chi connectivity index (χ3n) is 11.7. The van der Waals surface area contributed by atoms with Gasteiger partial charge in [-0.05, 0) is 103 Å². The van der Waals surface area contributed by atoms with Gasteiger partial charge in [0.15, 0.2) is 0 Å². The summed E-state index contributed by atoms with van der Waals surface area (Å²) in [6.45, 7) is 3.84. The van der Waals surface area contributed by atoms with Crippen LogP contribution in [0.4, 0.5) is 4.39 Å². The number of allylic oxidation sites excluding steroid dienone is 1. The summed E-state index contributed by atoms with van der Waals surface area (Å²) in [6.07, 6.45) is 9.03. The van der Waals surface area contributed by atoms with Gasteiger partial charge in [-0.2, -0.15) is 0 Å². The van der Waals surface area contributed by atoms with Gasteiger partial charge in [-0.3, -0.25) is 14.4 Å². The van der Waals surface area contributed by atoms with Crippen LogP contribution < -0.4 is 30.2 Å². The fourth-order valence-electron chi connectivity index (χ4n) is 7.86. The second-order valence-electron chi connectivity index (χ2n) is 16.7. The molecule has 1 unspecified atom stereocenters. The molecule has 3 N–H and O–H groups in total. The summed E-state index contributed by atoms with van der Waals surface area (Å²) in [6, 6.07) is 31.7. The third kappa shape index (κ3) is 17.8. The first kappa shape index (κ1) is 55.1. The molecule has 4 aromatic rings. The molecule has 5 rings (SSSR count). The van der Waals surface area contributed by atoms with Crippen molar-refractivity contribution in [2.24, 2.45) is 0 Å². The lowest BCUT2D eigenvalue weighted by Gasteiger charge is -2.36. The van der Waals surface area contributed by atoms with Crippen molar-refractivity contribution in [2.75, 3.05) is 79.8 Å². The van der Waals surface area contributed by atoms with E-state index in [-0.39, 0.29) is 31.1 Å². The van der Waals surface area contributed by atoms with Crippen LogP contribution in [0.5, 0.6) is 17.2 Å². The minimum absolute atomic E-state index is 0.0656. The van der Waals surface area contributed by atoms with Gasteiger partial charge in [0.2, 0.25) is 17.5 Å². The van der Waals surface area contributed by atoms with Crippen LogP contribution in [0.1, 0.15) is 92.0 Å². The Morgan fingerprint density at radius 2 is 1.27 bits per heavy atom. The highest BCUT2D eigenvalue weighted by molar-refractivity contribution is 8.00. The molecule has 0 spiro atoms. The zero-order valence-corrected chi connectivity index (χ0v) is 41.8. The lowest BCUT2D eigenvalue weighted by atomic mass is 9.83. The maximum atomic E-state index is 15.1. The predicted octanol–water partition coefficient (Wildman–Crippen LogP) is 8.87. The Labute approximate surface area is 418 Å². The van der Waals surface area contributed by atoms with Gasteiger partial charge in [-0.15, -0.1) is 11.8 Å². The largest absolute Gasteiger partial charge is 0.497 e. The van der Waals surface area contributed by atoms with Crippen LogP contribution in [0.3, 0.4) is 0 Å². The molecule has 1 aliphatic carbocycles. The van der Waals surface area contributed by atoms with Crippen molar-refractivity contribution >= 4 is 29.5 Å². The van der Waals surface area contributed by atoms with E-state index in [0.29, 0.717) is 102 Å². The molecule has 4 aromatic carbocycles. The molecule has 3 amide bonds. The van der Waals surface area contributed by atoms with E-state index in [1.807, 2.05) is 97.1 Å². The molecule has 70 heavy (non-hydrogen) atoms. The maximum Gasteiger partial charge on any atom is 0.261 e. The minimum Gasteiger partial charge on any atom is -0.497 e. The first-order valence-electron chi connectivity index (χ1n) is 24.3. The molecule has 0 fully saturated rings. The number of ether oxygens (including phenoxy) is 6. The Balaban J connectivity index is 1.09. The zero-order valence-electron chi connectivity index (χ0n) is 41.0. The van der Waals surface area contributed by atoms with Crippen molar-refractivity contribution in [3.8, 4) is 29.1 Å². The van der Waals surface area contributed by atoms with E-state index in [9.17, 15) is 14.4 Å². The number of carbonyl (C=O) groups is 3. The van der Waals surface area contributed by atoms with Crippen LogP contribution in [0.2, 0.25) is 0 Å². The fraction of sp³-hybridized carbons (Fsp3) is 0.446. The quantitative estimate of drug-likeness (QED) is 0.0209. The van der Waals surface area contributed by atoms with Crippen LogP contribution in [-0.4, -0.2) is 103 Å². The van der Waals surface area contributed by atoms with E-state index in [1.54, 1.807) is 39.2 Å². The van der Waals surface area contributed by atoms with Gasteiger partial charge in [0.05, 0.1) is 58.1 Å². The van der Waals surface area contributed by atoms with Crippen LogP contribution in [0.15, 0.2) is 109 Å². The highest BCUT2D eigenvalue weighted by Gasteiger charge is 2.38. The molecule has 0 aromatic heterocycles. The maximum absolute atomic E-state index is 15.1. The molecule has 14 heteroatoms. The number of methoxy groups -OCH3 is 3. The summed E-state index contributed by atoms with van der Waals surface area (Å²) in [5.41, 5.74) is 2.68. The molecule has 12 nitrogen and oxygen atoms in total. The Morgan fingerprint density at radius 3 is 1.90 bits per heavy atom. The second kappa shape index (κ2) is 30.7. The van der Waals surface area contributed by atoms with Gasteiger partial charge in [-0.1, -0.05) is 85.0 Å². The molecule has 0 heterocycles. The summed E-state index contributed by atoms with van der Waals surface area (Å²) < 4.78 is 48.0. The molecular formula is C56H70FN3O9S. The SMILES string of the molecule is COc1ccc(C(SCCC(=O)NCCCOCCOCCOCCCNC(=O)C2(F)C=CCCCCC2)(c2ccc(OC)cc2)c2ccc(OC)c(C#CCCC(=O)NCc3ccccc3)c2)cc1. The Morgan fingerprint density at radius 1 is 0.671 bits per heavy atom. The smallest absolute Gasteiger partial charge is 0.261 e. The standard InChI is InChI=1S/C56H70FN3O9S/c1-64-49-25-20-46(21-26-49)56(47-22-27-50(65-2)28-23-47,48-24-29-51(66-3)45(42-48)18-10-11-19-52(61)60-43-44-16-8-7-9-17-44)70-41-30-53(62)58-33-14-35-67-37-39-69-40-38-68-36-15-34-59-54(63)55(57)31-12-5-4-6-13-32-55/h7-9,12,16-17,20-29,31,42H,4-6,11,13-15,19,30,32-41,43H2,1-3H3,(H,58,62)(H,59,63)(H,60,61). The van der Waals surface area contributed by atoms with E-state index < -0.39 is 16.3 Å². The molecule has 0 saturated heterocycles. The van der Waals surface area contributed by atoms with Gasteiger partial charge in [0.25, 0.3) is 5.91 Å². The van der Waals surface area contributed by atoms with Gasteiger partial charge < -0.3 is 44.4 Å². The molecule has 0 radical (unpaired) electrons. The number of nitrogens with one attached hydrogen (secondary N) is 3. The van der Waals surface area contributed by atoms with Gasteiger partial charge >= 0.3 is 0 Å². The van der Waals surface area contributed by atoms with E-state index >= 15 is 4.39 Å². The predicted molar refractivity (Wildman–Crippen MR) is 274 cm³/mol. The number of hydrogen-bond acceptors (Lipinski definition) is 10. The molecule has 0 aliphatic heterocycles. The van der Waals surface area contributed by atoms with Crippen molar-refractivity contribution in [1.29, 1.82) is 0 Å².